The molecule has 4 aromatic rings. The summed E-state index contributed by atoms with van der Waals surface area (Å²) >= 11 is 12.2. The highest BCUT2D eigenvalue weighted by Crippen LogP contribution is 2.44. The summed E-state index contributed by atoms with van der Waals surface area (Å²) in [5.74, 6) is 0.119. The van der Waals surface area contributed by atoms with Gasteiger partial charge in [-0.25, -0.2) is 9.97 Å². The molecule has 4 N–H and O–H groups in total. The number of hydrogen-bond acceptors (Lipinski definition) is 13. The number of nitrogens with two attached hydrogens (primary N) is 2. The van der Waals surface area contributed by atoms with E-state index < -0.39 is 19.5 Å². The third kappa shape index (κ3) is 5.23. The Bertz CT molecular complexity index is 1430. The van der Waals surface area contributed by atoms with Crippen molar-refractivity contribution >= 4 is 65.7 Å². The van der Waals surface area contributed by atoms with Gasteiger partial charge in [-0.2, -0.15) is 19.9 Å². The van der Waals surface area contributed by atoms with Crippen molar-refractivity contribution in [3.05, 3.63) is 23.0 Å². The van der Waals surface area contributed by atoms with Crippen LogP contribution in [0.2, 0.25) is 10.3 Å². The van der Waals surface area contributed by atoms with Crippen molar-refractivity contribution in [3.8, 4) is 0 Å². The minimum atomic E-state index is -2.45. The SMILES string of the molecule is Nc1nc(Cl)c2ncn(CC3(OCO[P+](=O)OCOC4(Cn5cnc6c(Cl)nc(N)nc65)CC4)CC3)c2n1. The molecule has 0 saturated heterocycles. The van der Waals surface area contributed by atoms with E-state index in [4.69, 9.17) is 53.2 Å². The van der Waals surface area contributed by atoms with Crippen LogP contribution in [0.25, 0.3) is 22.3 Å². The number of anilines is 2. The van der Waals surface area contributed by atoms with Crippen LogP contribution < -0.4 is 11.5 Å². The van der Waals surface area contributed by atoms with Gasteiger partial charge in [-0.15, -0.1) is 0 Å². The summed E-state index contributed by atoms with van der Waals surface area (Å²) in [5, 5.41) is 0.372. The summed E-state index contributed by atoms with van der Waals surface area (Å²) in [6, 6.07) is 0. The molecule has 38 heavy (non-hydrogen) atoms. The Hall–Kier alpha value is -2.78. The summed E-state index contributed by atoms with van der Waals surface area (Å²) < 4.78 is 38.0. The van der Waals surface area contributed by atoms with Gasteiger partial charge in [-0.1, -0.05) is 32.2 Å². The van der Waals surface area contributed by atoms with Crippen molar-refractivity contribution in [2.45, 2.75) is 50.0 Å². The average molecular weight is 584 g/mol. The Morgan fingerprint density at radius 2 is 1.21 bits per heavy atom. The van der Waals surface area contributed by atoms with E-state index in [0.717, 1.165) is 25.7 Å². The molecule has 0 bridgehead atoms. The van der Waals surface area contributed by atoms with E-state index in [1.165, 1.54) is 0 Å². The third-order valence-electron chi connectivity index (χ3n) is 6.46. The summed E-state index contributed by atoms with van der Waals surface area (Å²) in [7, 11) is -2.45. The lowest BCUT2D eigenvalue weighted by atomic mass is 10.3. The van der Waals surface area contributed by atoms with Crippen LogP contribution in [0.1, 0.15) is 25.7 Å². The first-order valence-corrected chi connectivity index (χ1v) is 13.4. The highest BCUT2D eigenvalue weighted by atomic mass is 35.5. The Morgan fingerprint density at radius 3 is 1.61 bits per heavy atom. The summed E-state index contributed by atoms with van der Waals surface area (Å²) in [5.41, 5.74) is 12.4. The number of rotatable bonds is 12. The Morgan fingerprint density at radius 1 is 0.789 bits per heavy atom. The smallest absolute Gasteiger partial charge is 0.368 e. The first-order valence-electron chi connectivity index (χ1n) is 11.5. The predicted molar refractivity (Wildman–Crippen MR) is 135 cm³/mol. The van der Waals surface area contributed by atoms with Gasteiger partial charge in [0.1, 0.15) is 11.0 Å². The second kappa shape index (κ2) is 9.75. The molecule has 0 unspecified atom stereocenters. The van der Waals surface area contributed by atoms with Gasteiger partial charge in [0.2, 0.25) is 25.5 Å². The minimum Gasteiger partial charge on any atom is -0.368 e. The van der Waals surface area contributed by atoms with Crippen molar-refractivity contribution in [1.29, 1.82) is 0 Å². The number of hydrogen-bond donors (Lipinski definition) is 2. The molecule has 2 fully saturated rings. The Labute approximate surface area is 225 Å². The van der Waals surface area contributed by atoms with Crippen LogP contribution in [0, 0.1) is 0 Å². The Balaban J connectivity index is 0.964. The molecule has 2 saturated carbocycles. The average Bonchev–Trinajstić information content (AvgIpc) is 3.72. The molecule has 6 rings (SSSR count). The van der Waals surface area contributed by atoms with Crippen molar-refractivity contribution in [1.82, 2.24) is 39.0 Å². The molecule has 2 aliphatic carbocycles. The van der Waals surface area contributed by atoms with E-state index in [1.54, 1.807) is 21.8 Å². The maximum absolute atomic E-state index is 12.2. The number of imidazole rings is 2. The first-order chi connectivity index (χ1) is 18.2. The molecular formula is C20H22Cl2N10O5P+. The van der Waals surface area contributed by atoms with Crippen LogP contribution in [-0.2, 0) is 36.2 Å². The lowest BCUT2D eigenvalue weighted by Crippen LogP contribution is -2.23. The Kier molecular flexibility index (Phi) is 6.54. The molecule has 0 amide bonds. The van der Waals surface area contributed by atoms with Gasteiger partial charge in [-0.3, -0.25) is 0 Å². The second-order valence-electron chi connectivity index (χ2n) is 9.21. The fourth-order valence-corrected chi connectivity index (χ4v) is 4.90. The molecule has 0 radical (unpaired) electrons. The van der Waals surface area contributed by atoms with Gasteiger partial charge in [0.25, 0.3) is 0 Å². The zero-order valence-electron chi connectivity index (χ0n) is 19.8. The zero-order chi connectivity index (χ0) is 26.5. The maximum Gasteiger partial charge on any atom is 0.702 e. The van der Waals surface area contributed by atoms with Gasteiger partial charge in [-0.05, 0) is 25.7 Å². The van der Waals surface area contributed by atoms with E-state index in [0.29, 0.717) is 35.4 Å². The van der Waals surface area contributed by atoms with E-state index in [2.05, 4.69) is 29.9 Å². The van der Waals surface area contributed by atoms with Crippen LogP contribution in [-0.4, -0.2) is 63.8 Å². The zero-order valence-corrected chi connectivity index (χ0v) is 22.2. The largest absolute Gasteiger partial charge is 0.702 e. The van der Waals surface area contributed by atoms with Gasteiger partial charge >= 0.3 is 8.25 Å². The summed E-state index contributed by atoms with van der Waals surface area (Å²) in [6.45, 7) is 0.475. The monoisotopic (exact) mass is 583 g/mol. The van der Waals surface area contributed by atoms with E-state index in [1.807, 2.05) is 0 Å². The fraction of sp³-hybridized carbons (Fsp3) is 0.500. The second-order valence-corrected chi connectivity index (χ2v) is 10.9. The molecule has 0 aliphatic heterocycles. The number of ether oxygens (including phenoxy) is 2. The molecule has 0 aromatic carbocycles. The van der Waals surface area contributed by atoms with E-state index in [-0.39, 0.29) is 35.8 Å². The lowest BCUT2D eigenvalue weighted by Gasteiger charge is -2.16. The number of aromatic nitrogens is 8. The fourth-order valence-electron chi connectivity index (χ4n) is 4.10. The summed E-state index contributed by atoms with van der Waals surface area (Å²) in [4.78, 5) is 24.7. The van der Waals surface area contributed by atoms with Crippen LogP contribution in [0.3, 0.4) is 0 Å². The van der Waals surface area contributed by atoms with E-state index in [9.17, 15) is 4.57 Å². The van der Waals surface area contributed by atoms with Crippen molar-refractivity contribution in [3.63, 3.8) is 0 Å². The number of nitrogen functional groups attached to an aromatic ring is 2. The molecule has 15 nitrogen and oxygen atoms in total. The van der Waals surface area contributed by atoms with Gasteiger partial charge < -0.3 is 30.1 Å². The van der Waals surface area contributed by atoms with Gasteiger partial charge in [0, 0.05) is 4.57 Å². The van der Waals surface area contributed by atoms with Crippen LogP contribution in [0.4, 0.5) is 11.9 Å². The predicted octanol–water partition coefficient (Wildman–Crippen LogP) is 2.84. The molecule has 4 heterocycles. The van der Waals surface area contributed by atoms with E-state index >= 15 is 0 Å². The highest BCUT2D eigenvalue weighted by Gasteiger charge is 2.47. The molecular weight excluding hydrogens is 562 g/mol. The van der Waals surface area contributed by atoms with Gasteiger partial charge in [0.15, 0.2) is 21.6 Å². The minimum absolute atomic E-state index is 0.0594. The molecule has 0 spiro atoms. The number of nitrogens with zero attached hydrogens (tertiary/aromatic N) is 8. The first kappa shape index (κ1) is 25.5. The third-order valence-corrected chi connectivity index (χ3v) is 7.62. The quantitative estimate of drug-likeness (QED) is 0.140. The molecule has 200 valence electrons. The normalized spacial score (nSPS) is 17.3. The standard InChI is InChI=1S/C20H22Cl2N10O5P/c21-13-11-15(29-17(23)27-13)31(7-25-11)5-19(1-2-19)34-9-36-38(33)37-10-35-20(3-4-20)6-32-8-26-12-14(22)28-18(24)30-16(12)32/h7-8H,1-6,9-10H2,(H2,23,27,29)(H2,24,28,30)/q+1. The molecule has 18 heteroatoms. The van der Waals surface area contributed by atoms with Crippen LogP contribution >= 0.6 is 31.5 Å². The topological polar surface area (TPSA) is 193 Å². The number of fused-ring (bicyclic) bond motifs is 2. The number of halogens is 2. The van der Waals surface area contributed by atoms with Gasteiger partial charge in [0.05, 0.1) is 36.9 Å². The highest BCUT2D eigenvalue weighted by molar-refractivity contribution is 7.33. The molecule has 2 aliphatic rings. The summed E-state index contributed by atoms with van der Waals surface area (Å²) in [6.07, 6.45) is 6.37. The van der Waals surface area contributed by atoms with Crippen molar-refractivity contribution in [2.75, 3.05) is 25.1 Å². The van der Waals surface area contributed by atoms with Crippen LogP contribution in [0.15, 0.2) is 12.7 Å². The lowest BCUT2D eigenvalue weighted by molar-refractivity contribution is -0.0808. The van der Waals surface area contributed by atoms with Crippen LogP contribution in [0.5, 0.6) is 0 Å². The maximum atomic E-state index is 12.2. The van der Waals surface area contributed by atoms with Crippen molar-refractivity contribution in [2.24, 2.45) is 0 Å². The molecule has 4 aromatic heterocycles. The van der Waals surface area contributed by atoms with Crippen molar-refractivity contribution < 1.29 is 23.1 Å². The molecule has 0 atom stereocenters.